The summed E-state index contributed by atoms with van der Waals surface area (Å²) in [5.41, 5.74) is -0.804. The number of hydrogen-bond acceptors (Lipinski definition) is 8. The third-order valence-corrected chi connectivity index (χ3v) is 8.36. The van der Waals surface area contributed by atoms with Crippen LogP contribution in [-0.4, -0.2) is 47.8 Å². The molecule has 45 heavy (non-hydrogen) atoms. The molecule has 0 aliphatic carbocycles. The minimum Gasteiger partial charge on any atom is -0.462 e. The molecular weight excluding hydrogens is 572 g/mol. The first-order valence-electron chi connectivity index (χ1n) is 15.5. The van der Waals surface area contributed by atoms with Gasteiger partial charge in [0.15, 0.2) is 0 Å². The summed E-state index contributed by atoms with van der Waals surface area (Å²) in [4.78, 5) is 52.2. The highest BCUT2D eigenvalue weighted by Gasteiger charge is 2.39. The van der Waals surface area contributed by atoms with Gasteiger partial charge in [-0.25, -0.2) is 19.2 Å². The lowest BCUT2D eigenvalue weighted by Crippen LogP contribution is -2.43. The summed E-state index contributed by atoms with van der Waals surface area (Å²) in [6, 6.07) is 23.7. The Bertz CT molecular complexity index is 1430. The average Bonchev–Trinajstić information content (AvgIpc) is 3.06. The van der Waals surface area contributed by atoms with Gasteiger partial charge in [-0.15, -0.1) is 0 Å². The molecule has 8 heteroatoms. The maximum Gasteiger partial charge on any atom is 0.339 e. The SMILES string of the molecule is CCC(C)(CC(C)OC(=O)c1ccccc1C(=O)OC(CC)(CC)C(C)COC(=O)c1ccccc1)OC(=O)c1ccccc1. The van der Waals surface area contributed by atoms with Gasteiger partial charge in [0.2, 0.25) is 0 Å². The summed E-state index contributed by atoms with van der Waals surface area (Å²) in [6.07, 6.45) is 1.08. The van der Waals surface area contributed by atoms with Crippen molar-refractivity contribution in [2.75, 3.05) is 6.61 Å². The molecular formula is C37H44O8. The lowest BCUT2D eigenvalue weighted by Gasteiger charge is -2.37. The van der Waals surface area contributed by atoms with Gasteiger partial charge >= 0.3 is 23.9 Å². The number of hydrogen-bond donors (Lipinski definition) is 0. The van der Waals surface area contributed by atoms with Crippen LogP contribution in [0, 0.1) is 5.92 Å². The molecule has 3 atom stereocenters. The van der Waals surface area contributed by atoms with Crippen LogP contribution < -0.4 is 0 Å². The second-order valence-electron chi connectivity index (χ2n) is 11.6. The monoisotopic (exact) mass is 616 g/mol. The smallest absolute Gasteiger partial charge is 0.339 e. The van der Waals surface area contributed by atoms with E-state index in [1.807, 2.05) is 39.8 Å². The molecule has 0 amide bonds. The Balaban J connectivity index is 1.69. The van der Waals surface area contributed by atoms with E-state index >= 15 is 0 Å². The van der Waals surface area contributed by atoms with Crippen molar-refractivity contribution in [1.29, 1.82) is 0 Å². The fraction of sp³-hybridized carbons (Fsp3) is 0.405. The van der Waals surface area contributed by atoms with Gasteiger partial charge in [-0.2, -0.15) is 0 Å². The van der Waals surface area contributed by atoms with Crippen molar-refractivity contribution < 1.29 is 38.1 Å². The highest BCUT2D eigenvalue weighted by molar-refractivity contribution is 6.03. The van der Waals surface area contributed by atoms with Crippen molar-refractivity contribution in [3.8, 4) is 0 Å². The number of benzene rings is 3. The van der Waals surface area contributed by atoms with Crippen molar-refractivity contribution in [3.63, 3.8) is 0 Å². The van der Waals surface area contributed by atoms with E-state index in [-0.39, 0.29) is 30.1 Å². The van der Waals surface area contributed by atoms with E-state index in [2.05, 4.69) is 0 Å². The highest BCUT2D eigenvalue weighted by atomic mass is 16.6. The van der Waals surface area contributed by atoms with Gasteiger partial charge in [-0.05, 0) is 69.5 Å². The average molecular weight is 617 g/mol. The molecule has 0 saturated heterocycles. The Morgan fingerprint density at radius 2 is 1.11 bits per heavy atom. The van der Waals surface area contributed by atoms with E-state index in [0.29, 0.717) is 30.4 Å². The predicted octanol–water partition coefficient (Wildman–Crippen LogP) is 7.86. The third kappa shape index (κ3) is 9.27. The van der Waals surface area contributed by atoms with Gasteiger partial charge in [-0.3, -0.25) is 0 Å². The molecule has 0 bridgehead atoms. The molecule has 0 N–H and O–H groups in total. The standard InChI is InChI=1S/C37H44O8/c1-7-36(6,44-33(39)29-20-14-11-15-21-29)24-27(5)43-34(40)30-22-16-17-23-31(30)35(41)45-37(8-2,9-3)26(4)25-42-32(38)28-18-12-10-13-19-28/h10-23,26-27H,7-9,24-25H2,1-6H3. The summed E-state index contributed by atoms with van der Waals surface area (Å²) in [5.74, 6) is -2.59. The molecule has 0 fully saturated rings. The highest BCUT2D eigenvalue weighted by Crippen LogP contribution is 2.32. The summed E-state index contributed by atoms with van der Waals surface area (Å²) in [5, 5.41) is 0. The first-order valence-corrected chi connectivity index (χ1v) is 15.5. The van der Waals surface area contributed by atoms with E-state index in [4.69, 9.17) is 18.9 Å². The van der Waals surface area contributed by atoms with Crippen LogP contribution in [0.2, 0.25) is 0 Å². The molecule has 0 saturated carbocycles. The molecule has 3 unspecified atom stereocenters. The topological polar surface area (TPSA) is 105 Å². The second-order valence-corrected chi connectivity index (χ2v) is 11.6. The molecule has 240 valence electrons. The largest absolute Gasteiger partial charge is 0.462 e. The maximum atomic E-state index is 13.6. The molecule has 0 aliphatic rings. The Hall–Kier alpha value is -4.46. The van der Waals surface area contributed by atoms with Crippen LogP contribution in [0.15, 0.2) is 84.9 Å². The van der Waals surface area contributed by atoms with E-state index in [0.717, 1.165) is 0 Å². The van der Waals surface area contributed by atoms with Crippen molar-refractivity contribution >= 4 is 23.9 Å². The van der Waals surface area contributed by atoms with Crippen molar-refractivity contribution in [3.05, 3.63) is 107 Å². The van der Waals surface area contributed by atoms with Crippen LogP contribution in [0.3, 0.4) is 0 Å². The quantitative estimate of drug-likeness (QED) is 0.126. The molecule has 3 rings (SSSR count). The van der Waals surface area contributed by atoms with Gasteiger partial charge in [0.1, 0.15) is 17.3 Å². The summed E-state index contributed by atoms with van der Waals surface area (Å²) < 4.78 is 23.2. The first kappa shape index (κ1) is 35.0. The maximum absolute atomic E-state index is 13.6. The van der Waals surface area contributed by atoms with Crippen LogP contribution in [0.1, 0.15) is 109 Å². The molecule has 3 aromatic carbocycles. The van der Waals surface area contributed by atoms with Gasteiger partial charge in [0.05, 0.1) is 28.9 Å². The number of esters is 4. The molecule has 8 nitrogen and oxygen atoms in total. The summed E-state index contributed by atoms with van der Waals surface area (Å²) in [6.45, 7) is 11.2. The number of carbonyl (C=O) groups is 4. The van der Waals surface area contributed by atoms with Gasteiger partial charge in [0.25, 0.3) is 0 Å². The Morgan fingerprint density at radius 1 is 0.622 bits per heavy atom. The van der Waals surface area contributed by atoms with Crippen LogP contribution in [-0.2, 0) is 18.9 Å². The Morgan fingerprint density at radius 3 is 1.62 bits per heavy atom. The minimum absolute atomic E-state index is 0.0505. The fourth-order valence-electron chi connectivity index (χ4n) is 5.29. The van der Waals surface area contributed by atoms with Gasteiger partial charge < -0.3 is 18.9 Å². The summed E-state index contributed by atoms with van der Waals surface area (Å²) >= 11 is 0. The molecule has 0 aliphatic heterocycles. The van der Waals surface area contributed by atoms with Gasteiger partial charge in [0, 0.05) is 12.3 Å². The van der Waals surface area contributed by atoms with Crippen LogP contribution in [0.5, 0.6) is 0 Å². The lowest BCUT2D eigenvalue weighted by molar-refractivity contribution is -0.0673. The van der Waals surface area contributed by atoms with Crippen LogP contribution in [0.4, 0.5) is 0 Å². The molecule has 3 aromatic rings. The number of rotatable bonds is 15. The van der Waals surface area contributed by atoms with Crippen molar-refractivity contribution in [2.45, 2.75) is 84.5 Å². The second kappa shape index (κ2) is 16.0. The lowest BCUT2D eigenvalue weighted by atomic mass is 9.84. The van der Waals surface area contributed by atoms with Crippen molar-refractivity contribution in [1.82, 2.24) is 0 Å². The zero-order chi connectivity index (χ0) is 33.0. The van der Waals surface area contributed by atoms with Gasteiger partial charge in [-0.1, -0.05) is 76.2 Å². The van der Waals surface area contributed by atoms with Crippen LogP contribution in [0.25, 0.3) is 0 Å². The summed E-state index contributed by atoms with van der Waals surface area (Å²) in [7, 11) is 0. The first-order chi connectivity index (χ1) is 21.5. The number of carbonyl (C=O) groups excluding carboxylic acids is 4. The predicted molar refractivity (Wildman–Crippen MR) is 171 cm³/mol. The zero-order valence-corrected chi connectivity index (χ0v) is 27.0. The molecule has 0 heterocycles. The molecule has 0 spiro atoms. The normalized spacial score (nSPS) is 13.9. The van der Waals surface area contributed by atoms with Crippen molar-refractivity contribution in [2.24, 2.45) is 5.92 Å². The molecule has 0 aromatic heterocycles. The third-order valence-electron chi connectivity index (χ3n) is 8.36. The van der Waals surface area contributed by atoms with E-state index < -0.39 is 41.2 Å². The van der Waals surface area contributed by atoms with E-state index in [1.165, 1.54) is 12.1 Å². The Labute approximate surface area is 266 Å². The fourth-order valence-corrected chi connectivity index (χ4v) is 5.29. The van der Waals surface area contributed by atoms with E-state index in [9.17, 15) is 19.2 Å². The molecule has 0 radical (unpaired) electrons. The number of ether oxygens (including phenoxy) is 4. The van der Waals surface area contributed by atoms with E-state index in [1.54, 1.807) is 74.5 Å². The zero-order valence-electron chi connectivity index (χ0n) is 27.0. The Kier molecular flexibility index (Phi) is 12.5. The van der Waals surface area contributed by atoms with Crippen LogP contribution >= 0.6 is 0 Å². The minimum atomic E-state index is -0.941.